The van der Waals surface area contributed by atoms with Gasteiger partial charge in [0.05, 0.1) is 0 Å². The minimum Gasteiger partial charge on any atom is -0.444 e. The quantitative estimate of drug-likeness (QED) is 0.790. The lowest BCUT2D eigenvalue weighted by molar-refractivity contribution is 0.113. The van der Waals surface area contributed by atoms with Crippen molar-refractivity contribution in [1.82, 2.24) is 4.90 Å². The highest BCUT2D eigenvalue weighted by Crippen LogP contribution is 2.12. The summed E-state index contributed by atoms with van der Waals surface area (Å²) in [6, 6.07) is 19.8. The van der Waals surface area contributed by atoms with Gasteiger partial charge in [0, 0.05) is 12.7 Å². The van der Waals surface area contributed by atoms with Crippen molar-refractivity contribution in [2.45, 2.75) is 19.4 Å². The van der Waals surface area contributed by atoms with Crippen LogP contribution in [0, 0.1) is 0 Å². The molecule has 0 spiro atoms. The Labute approximate surface area is 131 Å². The van der Waals surface area contributed by atoms with Gasteiger partial charge in [-0.05, 0) is 24.0 Å². The average Bonchev–Trinajstić information content (AvgIpc) is 2.58. The molecule has 0 N–H and O–H groups in total. The zero-order valence-electron chi connectivity index (χ0n) is 12.9. The number of hydrogen-bond donors (Lipinski definition) is 0. The van der Waals surface area contributed by atoms with Crippen molar-refractivity contribution in [2.75, 3.05) is 7.05 Å². The van der Waals surface area contributed by atoms with Crippen molar-refractivity contribution < 1.29 is 9.53 Å². The smallest absolute Gasteiger partial charge is 0.414 e. The number of hydrogen-bond acceptors (Lipinski definition) is 2. The molecular weight excluding hydrogens is 274 g/mol. The van der Waals surface area contributed by atoms with E-state index in [4.69, 9.17) is 4.74 Å². The molecule has 0 atom stereocenters. The highest BCUT2D eigenvalue weighted by Gasteiger charge is 2.13. The number of aryl methyl sites for hydroxylation is 1. The average molecular weight is 295 g/mol. The fourth-order valence-electron chi connectivity index (χ4n) is 2.05. The lowest BCUT2D eigenvalue weighted by atomic mass is 10.1. The van der Waals surface area contributed by atoms with Crippen LogP contribution < -0.4 is 0 Å². The predicted octanol–water partition coefficient (Wildman–Crippen LogP) is 4.40. The van der Waals surface area contributed by atoms with Crippen LogP contribution in [0.2, 0.25) is 0 Å². The topological polar surface area (TPSA) is 29.5 Å². The van der Waals surface area contributed by atoms with Gasteiger partial charge >= 0.3 is 6.09 Å². The Bertz CT molecular complexity index is 552. The summed E-state index contributed by atoms with van der Waals surface area (Å²) in [6.45, 7) is 4.24. The molecule has 0 radical (unpaired) electrons. The molecule has 2 rings (SSSR count). The minimum atomic E-state index is -0.373. The Hall–Kier alpha value is -2.55. The Morgan fingerprint density at radius 1 is 1.00 bits per heavy atom. The molecule has 2 aromatic rings. The number of carbonyl (C=O) groups is 1. The van der Waals surface area contributed by atoms with Crippen LogP contribution in [0.3, 0.4) is 0 Å². The molecule has 3 heteroatoms. The summed E-state index contributed by atoms with van der Waals surface area (Å²) in [4.78, 5) is 13.5. The molecule has 3 nitrogen and oxygen atoms in total. The van der Waals surface area contributed by atoms with Crippen LogP contribution in [0.4, 0.5) is 4.79 Å². The first-order valence-electron chi connectivity index (χ1n) is 7.33. The maximum Gasteiger partial charge on any atom is 0.414 e. The Morgan fingerprint density at radius 3 is 2.14 bits per heavy atom. The van der Waals surface area contributed by atoms with Crippen molar-refractivity contribution in [1.29, 1.82) is 0 Å². The third kappa shape index (κ3) is 4.77. The number of benzene rings is 2. The van der Waals surface area contributed by atoms with Crippen LogP contribution in [0.5, 0.6) is 0 Å². The summed E-state index contributed by atoms with van der Waals surface area (Å²) in [6.07, 6.45) is 1.21. The van der Waals surface area contributed by atoms with Gasteiger partial charge in [0.15, 0.2) is 0 Å². The van der Waals surface area contributed by atoms with Crippen LogP contribution in [-0.4, -0.2) is 18.0 Å². The van der Waals surface area contributed by atoms with Gasteiger partial charge in [-0.2, -0.15) is 0 Å². The first kappa shape index (κ1) is 15.8. The molecule has 0 aliphatic heterocycles. The van der Waals surface area contributed by atoms with Crippen LogP contribution in [0.25, 0.3) is 0 Å². The molecule has 0 heterocycles. The third-order valence-corrected chi connectivity index (χ3v) is 3.50. The van der Waals surface area contributed by atoms with Gasteiger partial charge in [-0.15, -0.1) is 0 Å². The SMILES string of the molecule is C=C(CCc1ccccc1)N(C)C(=O)OCc1ccccc1. The lowest BCUT2D eigenvalue weighted by Crippen LogP contribution is -2.26. The molecule has 114 valence electrons. The van der Waals surface area contributed by atoms with E-state index in [0.29, 0.717) is 0 Å². The second kappa shape index (κ2) is 8.03. The predicted molar refractivity (Wildman–Crippen MR) is 88.3 cm³/mol. The molecule has 22 heavy (non-hydrogen) atoms. The second-order valence-electron chi connectivity index (χ2n) is 5.15. The van der Waals surface area contributed by atoms with E-state index in [1.807, 2.05) is 48.5 Å². The molecule has 0 aliphatic rings. The molecule has 0 bridgehead atoms. The summed E-state index contributed by atoms with van der Waals surface area (Å²) < 4.78 is 5.29. The number of allylic oxidation sites excluding steroid dienone is 1. The Kier molecular flexibility index (Phi) is 5.78. The number of rotatable bonds is 6. The van der Waals surface area contributed by atoms with Gasteiger partial charge in [-0.25, -0.2) is 4.79 Å². The van der Waals surface area contributed by atoms with Crippen molar-refractivity contribution in [3.8, 4) is 0 Å². The van der Waals surface area contributed by atoms with Gasteiger partial charge in [0.1, 0.15) is 6.61 Å². The van der Waals surface area contributed by atoms with E-state index < -0.39 is 0 Å². The monoisotopic (exact) mass is 295 g/mol. The first-order chi connectivity index (χ1) is 10.7. The van der Waals surface area contributed by atoms with Gasteiger partial charge in [0.25, 0.3) is 0 Å². The van der Waals surface area contributed by atoms with Gasteiger partial charge < -0.3 is 4.74 Å². The highest BCUT2D eigenvalue weighted by molar-refractivity contribution is 5.69. The van der Waals surface area contributed by atoms with E-state index in [9.17, 15) is 4.79 Å². The van der Waals surface area contributed by atoms with Crippen molar-refractivity contribution in [2.24, 2.45) is 0 Å². The molecule has 0 aliphatic carbocycles. The summed E-state index contributed by atoms with van der Waals surface area (Å²) in [5.41, 5.74) is 2.95. The summed E-state index contributed by atoms with van der Waals surface area (Å²) >= 11 is 0. The molecule has 0 saturated heterocycles. The molecule has 2 aromatic carbocycles. The summed E-state index contributed by atoms with van der Waals surface area (Å²) in [5, 5.41) is 0. The van der Waals surface area contributed by atoms with Gasteiger partial charge in [-0.1, -0.05) is 67.2 Å². The number of amides is 1. The van der Waals surface area contributed by atoms with Crippen LogP contribution in [0.15, 0.2) is 72.9 Å². The molecule has 0 fully saturated rings. The van der Waals surface area contributed by atoms with Crippen molar-refractivity contribution in [3.05, 3.63) is 84.1 Å². The lowest BCUT2D eigenvalue weighted by Gasteiger charge is -2.19. The largest absolute Gasteiger partial charge is 0.444 e. The first-order valence-corrected chi connectivity index (χ1v) is 7.33. The third-order valence-electron chi connectivity index (χ3n) is 3.50. The molecule has 0 aromatic heterocycles. The maximum atomic E-state index is 12.0. The van der Waals surface area contributed by atoms with E-state index >= 15 is 0 Å². The molecule has 0 saturated carbocycles. The zero-order chi connectivity index (χ0) is 15.8. The number of carbonyl (C=O) groups excluding carboxylic acids is 1. The van der Waals surface area contributed by atoms with Crippen LogP contribution >= 0.6 is 0 Å². The number of nitrogens with zero attached hydrogens (tertiary/aromatic N) is 1. The Morgan fingerprint density at radius 2 is 1.55 bits per heavy atom. The fourth-order valence-corrected chi connectivity index (χ4v) is 2.05. The summed E-state index contributed by atoms with van der Waals surface area (Å²) in [5.74, 6) is 0. The molecular formula is C19H21NO2. The zero-order valence-corrected chi connectivity index (χ0v) is 12.9. The van der Waals surface area contributed by atoms with E-state index in [1.165, 1.54) is 10.5 Å². The van der Waals surface area contributed by atoms with E-state index in [1.54, 1.807) is 7.05 Å². The fraction of sp³-hybridized carbons (Fsp3) is 0.211. The van der Waals surface area contributed by atoms with Crippen LogP contribution in [-0.2, 0) is 17.8 Å². The molecule has 0 unspecified atom stereocenters. The van der Waals surface area contributed by atoms with Gasteiger partial charge in [0.2, 0.25) is 0 Å². The number of ether oxygens (including phenoxy) is 1. The van der Waals surface area contributed by atoms with E-state index in [-0.39, 0.29) is 12.7 Å². The van der Waals surface area contributed by atoms with Crippen LogP contribution in [0.1, 0.15) is 17.5 Å². The van der Waals surface area contributed by atoms with E-state index in [2.05, 4.69) is 18.7 Å². The van der Waals surface area contributed by atoms with Crippen molar-refractivity contribution >= 4 is 6.09 Å². The maximum absolute atomic E-state index is 12.0. The molecule has 1 amide bonds. The normalized spacial score (nSPS) is 10.0. The summed E-state index contributed by atoms with van der Waals surface area (Å²) in [7, 11) is 1.70. The van der Waals surface area contributed by atoms with Gasteiger partial charge in [-0.3, -0.25) is 4.90 Å². The second-order valence-corrected chi connectivity index (χ2v) is 5.15. The Balaban J connectivity index is 1.78. The standard InChI is InChI=1S/C19H21NO2/c1-16(13-14-17-9-5-3-6-10-17)20(2)19(21)22-15-18-11-7-4-8-12-18/h3-12H,1,13-15H2,2H3. The van der Waals surface area contributed by atoms with Crippen molar-refractivity contribution in [3.63, 3.8) is 0 Å². The minimum absolute atomic E-state index is 0.274. The highest BCUT2D eigenvalue weighted by atomic mass is 16.6. The van der Waals surface area contributed by atoms with E-state index in [0.717, 1.165) is 24.1 Å².